The van der Waals surface area contributed by atoms with Crippen molar-refractivity contribution in [3.8, 4) is 0 Å². The number of nitrogens with one attached hydrogen (secondary N) is 1. The molecule has 0 aromatic rings. The van der Waals surface area contributed by atoms with Gasteiger partial charge in [-0.25, -0.2) is 18.3 Å². The molecule has 1 saturated carbocycles. The van der Waals surface area contributed by atoms with Crippen molar-refractivity contribution in [3.05, 3.63) is 82.7 Å². The molecule has 7 nitrogen and oxygen atoms in total. The fourth-order valence-electron chi connectivity index (χ4n) is 5.14. The van der Waals surface area contributed by atoms with Gasteiger partial charge in [-0.15, -0.1) is 0 Å². The van der Waals surface area contributed by atoms with Gasteiger partial charge < -0.3 is 23.8 Å². The Bertz CT molecular complexity index is 1240. The largest absolute Gasteiger partial charge is 0.409 e. The van der Waals surface area contributed by atoms with Crippen molar-refractivity contribution < 1.29 is 17.8 Å². The summed E-state index contributed by atoms with van der Waals surface area (Å²) in [5.74, 6) is 1.69. The molecule has 1 aliphatic carbocycles. The Balaban J connectivity index is 2.09. The third-order valence-electron chi connectivity index (χ3n) is 8.63. The number of piperazine rings is 1. The first kappa shape index (κ1) is 35.5. The lowest BCUT2D eigenvalue weighted by Crippen LogP contribution is -2.52. The van der Waals surface area contributed by atoms with Crippen LogP contribution < -0.4 is 4.72 Å². The number of carbonyl (C=O) groups is 1. The van der Waals surface area contributed by atoms with Crippen molar-refractivity contribution in [2.45, 2.75) is 79.2 Å². The number of hydrogen-bond donors (Lipinski definition) is 1. The lowest BCUT2D eigenvalue weighted by atomic mass is 9.87. The van der Waals surface area contributed by atoms with Gasteiger partial charge in [0.1, 0.15) is 23.8 Å². The third-order valence-corrected chi connectivity index (χ3v) is 9.48. The standard InChI is InChI=1S/C34H51F2N5O2S/c1-10-24(5)28(32(35)36)15-14-26(12-3)31(25(6)11-2)29-22-27(43-44-37-34(7)16-17-34)23-30(41(29)13-4)39-18-20-40(21-19-39)33(42)38(8)9/h12-15,22-23,25,32,37H,4,10-11,16-21H2,1-3,5-9H3/b15-14-,26-12+,28-24?,31-29+/t25-/m1/s1. The smallest absolute Gasteiger partial charge is 0.319 e. The first-order chi connectivity index (χ1) is 20.9. The molecule has 0 aromatic heterocycles. The molecule has 3 aliphatic rings. The average molecular weight is 632 g/mol. The van der Waals surface area contributed by atoms with Gasteiger partial charge in [0.15, 0.2) is 0 Å². The van der Waals surface area contributed by atoms with Gasteiger partial charge in [-0.2, -0.15) is 0 Å². The number of hydrogen-bond acceptors (Lipinski definition) is 6. The van der Waals surface area contributed by atoms with Crippen LogP contribution in [-0.2, 0) is 4.18 Å². The van der Waals surface area contributed by atoms with Gasteiger partial charge in [0.05, 0.1) is 5.70 Å². The van der Waals surface area contributed by atoms with Gasteiger partial charge in [-0.3, -0.25) is 0 Å². The Morgan fingerprint density at radius 3 is 2.34 bits per heavy atom. The molecule has 2 fully saturated rings. The first-order valence-electron chi connectivity index (χ1n) is 15.6. The molecule has 0 radical (unpaired) electrons. The molecule has 0 aromatic carbocycles. The predicted molar refractivity (Wildman–Crippen MR) is 178 cm³/mol. The van der Waals surface area contributed by atoms with Crippen molar-refractivity contribution in [1.29, 1.82) is 0 Å². The number of alkyl halides is 2. The molecule has 2 amide bonds. The summed E-state index contributed by atoms with van der Waals surface area (Å²) in [6.07, 6.45) is 12.3. The SMILES string of the molecule is C=CN1C(N2CCN(C(=O)N(C)C)CC2)=CC(OSNC2(C)CC2)=C\C1=C(C(/C=C\C(=C(C)CC)C(F)F)=C/C)\[C@H](C)CC. The predicted octanol–water partition coefficient (Wildman–Crippen LogP) is 7.99. The first-order valence-corrected chi connectivity index (χ1v) is 16.4. The second-order valence-electron chi connectivity index (χ2n) is 12.2. The van der Waals surface area contributed by atoms with Crippen LogP contribution in [0.25, 0.3) is 0 Å². The molecule has 3 rings (SSSR count). The fraction of sp³-hybridized carbons (Fsp3) is 0.559. The maximum absolute atomic E-state index is 14.0. The maximum atomic E-state index is 14.0. The van der Waals surface area contributed by atoms with Gasteiger partial charge >= 0.3 is 6.03 Å². The van der Waals surface area contributed by atoms with E-state index in [0.29, 0.717) is 43.9 Å². The highest BCUT2D eigenvalue weighted by Gasteiger charge is 2.38. The van der Waals surface area contributed by atoms with E-state index < -0.39 is 6.43 Å². The number of rotatable bonds is 13. The van der Waals surface area contributed by atoms with Gasteiger partial charge in [0, 0.05) is 69.7 Å². The van der Waals surface area contributed by atoms with E-state index in [9.17, 15) is 13.6 Å². The molecule has 44 heavy (non-hydrogen) atoms. The average Bonchev–Trinajstić information content (AvgIpc) is 3.75. The van der Waals surface area contributed by atoms with Crippen LogP contribution in [0.15, 0.2) is 82.7 Å². The molecular formula is C34H51F2N5O2S. The summed E-state index contributed by atoms with van der Waals surface area (Å²) in [5, 5.41) is 0. The van der Waals surface area contributed by atoms with Gasteiger partial charge in [-0.1, -0.05) is 51.2 Å². The Hall–Kier alpha value is -2.98. The van der Waals surface area contributed by atoms with E-state index in [1.165, 1.54) is 12.2 Å². The van der Waals surface area contributed by atoms with Gasteiger partial charge in [0.25, 0.3) is 6.43 Å². The van der Waals surface area contributed by atoms with Crippen molar-refractivity contribution in [2.75, 3.05) is 40.3 Å². The highest BCUT2D eigenvalue weighted by Crippen LogP contribution is 2.39. The van der Waals surface area contributed by atoms with Crippen LogP contribution in [-0.4, -0.2) is 77.9 Å². The van der Waals surface area contributed by atoms with E-state index in [1.54, 1.807) is 38.2 Å². The zero-order valence-corrected chi connectivity index (χ0v) is 28.6. The van der Waals surface area contributed by atoms with Crippen molar-refractivity contribution >= 4 is 18.3 Å². The minimum atomic E-state index is -2.55. The third kappa shape index (κ3) is 8.81. The van der Waals surface area contributed by atoms with E-state index in [1.807, 2.05) is 43.1 Å². The van der Waals surface area contributed by atoms with E-state index in [4.69, 9.17) is 4.18 Å². The molecule has 1 N–H and O–H groups in total. The second kappa shape index (κ2) is 15.8. The van der Waals surface area contributed by atoms with E-state index in [-0.39, 0.29) is 23.1 Å². The zero-order valence-electron chi connectivity index (χ0n) is 27.8. The van der Waals surface area contributed by atoms with Gasteiger partial charge in [0.2, 0.25) is 0 Å². The maximum Gasteiger partial charge on any atom is 0.319 e. The molecule has 2 heterocycles. The Morgan fingerprint density at radius 1 is 1.18 bits per heavy atom. The normalized spacial score (nSPS) is 21.2. The summed E-state index contributed by atoms with van der Waals surface area (Å²) in [6.45, 7) is 18.7. The van der Waals surface area contributed by atoms with Crippen LogP contribution in [0.3, 0.4) is 0 Å². The monoisotopic (exact) mass is 631 g/mol. The lowest BCUT2D eigenvalue weighted by Gasteiger charge is -2.42. The Kier molecular flexibility index (Phi) is 12.8. The molecule has 2 aliphatic heterocycles. The van der Waals surface area contributed by atoms with Crippen molar-refractivity contribution in [2.24, 2.45) is 5.92 Å². The Labute approximate surface area is 268 Å². The molecular weight excluding hydrogens is 580 g/mol. The van der Waals surface area contributed by atoms with Crippen LogP contribution >= 0.6 is 12.2 Å². The molecule has 1 atom stereocenters. The molecule has 0 spiro atoms. The van der Waals surface area contributed by atoms with Gasteiger partial charge in [-0.05, 0) is 63.5 Å². The van der Waals surface area contributed by atoms with Crippen LogP contribution in [0.2, 0.25) is 0 Å². The van der Waals surface area contributed by atoms with E-state index in [0.717, 1.165) is 41.9 Å². The van der Waals surface area contributed by atoms with Crippen molar-refractivity contribution in [1.82, 2.24) is 24.3 Å². The number of nitrogens with zero attached hydrogens (tertiary/aromatic N) is 4. The number of carbonyl (C=O) groups excluding carboxylic acids is 1. The summed E-state index contributed by atoms with van der Waals surface area (Å²) < 4.78 is 37.6. The summed E-state index contributed by atoms with van der Waals surface area (Å²) in [7, 11) is 3.54. The number of allylic oxidation sites excluding steroid dienone is 9. The van der Waals surface area contributed by atoms with Crippen LogP contribution in [0.4, 0.5) is 13.6 Å². The summed E-state index contributed by atoms with van der Waals surface area (Å²) >= 11 is 1.23. The highest BCUT2D eigenvalue weighted by atomic mass is 32.2. The molecule has 0 bridgehead atoms. The molecule has 0 unspecified atom stereocenters. The topological polar surface area (TPSA) is 51.3 Å². The van der Waals surface area contributed by atoms with Crippen LogP contribution in [0.5, 0.6) is 0 Å². The molecule has 244 valence electrons. The summed E-state index contributed by atoms with van der Waals surface area (Å²) in [5.41, 5.74) is 3.61. The lowest BCUT2D eigenvalue weighted by molar-refractivity contribution is 0.127. The Morgan fingerprint density at radius 2 is 1.84 bits per heavy atom. The highest BCUT2D eigenvalue weighted by molar-refractivity contribution is 7.92. The molecule has 1 saturated heterocycles. The number of halogens is 2. The number of amides is 2. The van der Waals surface area contributed by atoms with Crippen LogP contribution in [0, 0.1) is 5.92 Å². The second-order valence-corrected chi connectivity index (χ2v) is 12.7. The van der Waals surface area contributed by atoms with E-state index >= 15 is 0 Å². The minimum absolute atomic E-state index is 0.00231. The minimum Gasteiger partial charge on any atom is -0.409 e. The van der Waals surface area contributed by atoms with E-state index in [2.05, 4.69) is 41.9 Å². The number of urea groups is 1. The fourth-order valence-corrected chi connectivity index (χ4v) is 5.78. The van der Waals surface area contributed by atoms with Crippen molar-refractivity contribution in [3.63, 3.8) is 0 Å². The molecule has 10 heteroatoms. The summed E-state index contributed by atoms with van der Waals surface area (Å²) in [4.78, 5) is 20.4. The quantitative estimate of drug-likeness (QED) is 0.126. The van der Waals surface area contributed by atoms with Crippen LogP contribution in [0.1, 0.15) is 67.2 Å². The summed E-state index contributed by atoms with van der Waals surface area (Å²) in [6, 6.07) is 0.00231. The zero-order chi connectivity index (χ0) is 32.6.